The molecule has 0 aliphatic heterocycles. The molecule has 4 heteroatoms. The highest BCUT2D eigenvalue weighted by molar-refractivity contribution is 5.96. The van der Waals surface area contributed by atoms with Crippen LogP contribution in [0.15, 0.2) is 47.8 Å². The van der Waals surface area contributed by atoms with E-state index in [0.717, 1.165) is 61.0 Å². The largest absolute Gasteiger partial charge is 0.361 e. The molecular weight excluding hydrogens is 300 g/mol. The molecule has 0 saturated heterocycles. The molecule has 2 aliphatic rings. The van der Waals surface area contributed by atoms with Crippen molar-refractivity contribution in [2.45, 2.75) is 51.4 Å². The molecule has 0 bridgehead atoms. The predicted octanol–water partition coefficient (Wildman–Crippen LogP) is 4.56. The van der Waals surface area contributed by atoms with Gasteiger partial charge in [-0.15, -0.1) is 0 Å². The number of ketones is 2. The first-order chi connectivity index (χ1) is 11.7. The summed E-state index contributed by atoms with van der Waals surface area (Å²) in [5, 5.41) is 6.44. The second kappa shape index (κ2) is 7.95. The van der Waals surface area contributed by atoms with Crippen LogP contribution in [0.1, 0.15) is 51.4 Å². The molecule has 4 nitrogen and oxygen atoms in total. The molecule has 2 fully saturated rings. The monoisotopic (exact) mass is 324 g/mol. The van der Waals surface area contributed by atoms with Crippen LogP contribution >= 0.6 is 0 Å². The minimum Gasteiger partial charge on any atom is -0.361 e. The molecule has 1 aromatic carbocycles. The average Bonchev–Trinajstić information content (AvgIpc) is 2.61. The van der Waals surface area contributed by atoms with Crippen LogP contribution in [0, 0.1) is 0 Å². The standard InChI is InChI=1S/C20H24N2O2/c23-19-10-3-1-6-15(19)13-21-17-8-5-9-18(12-17)22-14-16-7-2-4-11-20(16)24/h5,8-9,12-14,21-22H,1-4,6-7,10-11H2/b15-13+,16-14+. The van der Waals surface area contributed by atoms with Crippen molar-refractivity contribution in [2.75, 3.05) is 10.6 Å². The Labute approximate surface area is 143 Å². The van der Waals surface area contributed by atoms with Gasteiger partial charge in [0.25, 0.3) is 0 Å². The second-order valence-electron chi connectivity index (χ2n) is 6.47. The maximum atomic E-state index is 11.8. The molecule has 0 amide bonds. The molecule has 1 aromatic rings. The van der Waals surface area contributed by atoms with Gasteiger partial charge in [0.15, 0.2) is 11.6 Å². The zero-order chi connectivity index (χ0) is 16.8. The van der Waals surface area contributed by atoms with E-state index in [1.165, 1.54) is 0 Å². The van der Waals surface area contributed by atoms with E-state index < -0.39 is 0 Å². The molecule has 126 valence electrons. The summed E-state index contributed by atoms with van der Waals surface area (Å²) in [6.07, 6.45) is 10.9. The number of allylic oxidation sites excluding steroid dienone is 2. The van der Waals surface area contributed by atoms with Gasteiger partial charge in [-0.3, -0.25) is 9.59 Å². The average molecular weight is 324 g/mol. The van der Waals surface area contributed by atoms with Crippen LogP contribution in [0.4, 0.5) is 11.4 Å². The van der Waals surface area contributed by atoms with Gasteiger partial charge in [0, 0.05) is 47.8 Å². The van der Waals surface area contributed by atoms with Crippen LogP contribution < -0.4 is 10.6 Å². The van der Waals surface area contributed by atoms with Crippen molar-refractivity contribution in [1.82, 2.24) is 0 Å². The van der Waals surface area contributed by atoms with Gasteiger partial charge in [-0.2, -0.15) is 0 Å². The van der Waals surface area contributed by atoms with E-state index in [2.05, 4.69) is 10.6 Å². The molecule has 24 heavy (non-hydrogen) atoms. The van der Waals surface area contributed by atoms with E-state index in [9.17, 15) is 9.59 Å². The number of hydrogen-bond donors (Lipinski definition) is 2. The smallest absolute Gasteiger partial charge is 0.160 e. The zero-order valence-corrected chi connectivity index (χ0v) is 13.9. The van der Waals surface area contributed by atoms with Crippen molar-refractivity contribution in [3.63, 3.8) is 0 Å². The summed E-state index contributed by atoms with van der Waals surface area (Å²) >= 11 is 0. The Hall–Kier alpha value is -2.36. The van der Waals surface area contributed by atoms with E-state index >= 15 is 0 Å². The minimum absolute atomic E-state index is 0.253. The highest BCUT2D eigenvalue weighted by Gasteiger charge is 2.15. The fourth-order valence-electron chi connectivity index (χ4n) is 3.15. The minimum atomic E-state index is 0.253. The van der Waals surface area contributed by atoms with Gasteiger partial charge in [-0.05, 0) is 56.7 Å². The lowest BCUT2D eigenvalue weighted by Crippen LogP contribution is -2.10. The maximum Gasteiger partial charge on any atom is 0.160 e. The lowest BCUT2D eigenvalue weighted by atomic mass is 9.94. The first kappa shape index (κ1) is 16.5. The number of anilines is 2. The quantitative estimate of drug-likeness (QED) is 0.797. The van der Waals surface area contributed by atoms with E-state index in [4.69, 9.17) is 0 Å². The van der Waals surface area contributed by atoms with Crippen LogP contribution in [0.3, 0.4) is 0 Å². The number of Topliss-reactive ketones (excluding diaryl/α,β-unsaturated/α-hetero) is 2. The SMILES string of the molecule is O=C1CCCC/C1=C\Nc1cccc(N/C=C2\CCCCC2=O)c1. The summed E-state index contributed by atoms with van der Waals surface area (Å²) in [7, 11) is 0. The molecule has 3 rings (SSSR count). The fraction of sp³-hybridized carbons (Fsp3) is 0.400. The van der Waals surface area contributed by atoms with Gasteiger partial charge in [0.2, 0.25) is 0 Å². The third-order valence-electron chi connectivity index (χ3n) is 4.60. The Balaban J connectivity index is 1.63. The summed E-state index contributed by atoms with van der Waals surface area (Å²) in [6.45, 7) is 0. The van der Waals surface area contributed by atoms with Gasteiger partial charge in [0.1, 0.15) is 0 Å². The maximum absolute atomic E-state index is 11.8. The second-order valence-corrected chi connectivity index (χ2v) is 6.47. The van der Waals surface area contributed by atoms with Crippen LogP contribution in [-0.2, 0) is 9.59 Å². The van der Waals surface area contributed by atoms with Crippen LogP contribution in [-0.4, -0.2) is 11.6 Å². The molecule has 0 unspecified atom stereocenters. The van der Waals surface area contributed by atoms with Crippen LogP contribution in [0.25, 0.3) is 0 Å². The Morgan fingerprint density at radius 3 is 1.62 bits per heavy atom. The molecule has 2 saturated carbocycles. The third kappa shape index (κ3) is 4.34. The molecule has 2 N–H and O–H groups in total. The first-order valence-electron chi connectivity index (χ1n) is 8.80. The lowest BCUT2D eigenvalue weighted by Gasteiger charge is -2.14. The molecule has 0 aromatic heterocycles. The fourth-order valence-corrected chi connectivity index (χ4v) is 3.15. The number of carbonyl (C=O) groups excluding carboxylic acids is 2. The van der Waals surface area contributed by atoms with Crippen molar-refractivity contribution in [3.8, 4) is 0 Å². The molecule has 0 radical (unpaired) electrons. The Kier molecular flexibility index (Phi) is 5.47. The van der Waals surface area contributed by atoms with Gasteiger partial charge in [-0.1, -0.05) is 6.07 Å². The van der Waals surface area contributed by atoms with E-state index in [-0.39, 0.29) is 11.6 Å². The summed E-state index contributed by atoms with van der Waals surface area (Å²) in [4.78, 5) is 23.7. The predicted molar refractivity (Wildman–Crippen MR) is 96.8 cm³/mol. The van der Waals surface area contributed by atoms with Crippen molar-refractivity contribution < 1.29 is 9.59 Å². The third-order valence-corrected chi connectivity index (χ3v) is 4.60. The van der Waals surface area contributed by atoms with E-state index in [1.807, 2.05) is 36.7 Å². The van der Waals surface area contributed by atoms with E-state index in [0.29, 0.717) is 12.8 Å². The van der Waals surface area contributed by atoms with Crippen molar-refractivity contribution in [2.24, 2.45) is 0 Å². The highest BCUT2D eigenvalue weighted by atomic mass is 16.1. The highest BCUT2D eigenvalue weighted by Crippen LogP contribution is 2.22. The summed E-state index contributed by atoms with van der Waals surface area (Å²) in [5.74, 6) is 0.507. The molecule has 0 heterocycles. The summed E-state index contributed by atoms with van der Waals surface area (Å²) in [6, 6.07) is 7.87. The Morgan fingerprint density at radius 1 is 0.708 bits per heavy atom. The topological polar surface area (TPSA) is 58.2 Å². The normalized spacial score (nSPS) is 22.0. The van der Waals surface area contributed by atoms with Crippen LogP contribution in [0.2, 0.25) is 0 Å². The van der Waals surface area contributed by atoms with Crippen molar-refractivity contribution in [1.29, 1.82) is 0 Å². The molecular formula is C20H24N2O2. The van der Waals surface area contributed by atoms with Gasteiger partial charge < -0.3 is 10.6 Å². The van der Waals surface area contributed by atoms with Gasteiger partial charge in [-0.25, -0.2) is 0 Å². The summed E-state index contributed by atoms with van der Waals surface area (Å²) in [5.41, 5.74) is 3.63. The Morgan fingerprint density at radius 2 is 1.17 bits per heavy atom. The van der Waals surface area contributed by atoms with Crippen molar-refractivity contribution in [3.05, 3.63) is 47.8 Å². The molecule has 0 atom stereocenters. The number of hydrogen-bond acceptors (Lipinski definition) is 4. The van der Waals surface area contributed by atoms with Gasteiger partial charge >= 0.3 is 0 Å². The van der Waals surface area contributed by atoms with Crippen molar-refractivity contribution >= 4 is 22.9 Å². The number of carbonyl (C=O) groups is 2. The zero-order valence-electron chi connectivity index (χ0n) is 13.9. The molecule has 2 aliphatic carbocycles. The number of nitrogens with one attached hydrogen (secondary N) is 2. The lowest BCUT2D eigenvalue weighted by molar-refractivity contribution is -0.117. The van der Waals surface area contributed by atoms with Crippen LogP contribution in [0.5, 0.6) is 0 Å². The van der Waals surface area contributed by atoms with Gasteiger partial charge in [0.05, 0.1) is 0 Å². The molecule has 0 spiro atoms. The van der Waals surface area contributed by atoms with E-state index in [1.54, 1.807) is 0 Å². The Bertz CT molecular complexity index is 633. The number of benzene rings is 1. The number of rotatable bonds is 4. The first-order valence-corrected chi connectivity index (χ1v) is 8.80. The summed E-state index contributed by atoms with van der Waals surface area (Å²) < 4.78 is 0.